The van der Waals surface area contributed by atoms with Gasteiger partial charge in [0.25, 0.3) is 0 Å². The molecule has 0 aliphatic carbocycles. The van der Waals surface area contributed by atoms with Crippen LogP contribution in [0.5, 0.6) is 0 Å². The van der Waals surface area contributed by atoms with Crippen molar-refractivity contribution in [3.63, 3.8) is 0 Å². The zero-order valence-corrected chi connectivity index (χ0v) is 21.9. The summed E-state index contributed by atoms with van der Waals surface area (Å²) in [5, 5.41) is 0.739. The molecule has 0 bridgehead atoms. The van der Waals surface area contributed by atoms with Gasteiger partial charge in [-0.2, -0.15) is 0 Å². The van der Waals surface area contributed by atoms with Gasteiger partial charge in [0.2, 0.25) is 5.91 Å². The van der Waals surface area contributed by atoms with Gasteiger partial charge in [-0.1, -0.05) is 62.7 Å². The Balaban J connectivity index is 2.97. The molecule has 8 heteroatoms. The molecule has 2 atom stereocenters. The summed E-state index contributed by atoms with van der Waals surface area (Å²) >= 11 is 12.1. The van der Waals surface area contributed by atoms with E-state index in [0.29, 0.717) is 40.9 Å². The second kappa shape index (κ2) is 16.5. The standard InChI is InChI=1S/C24H37Cl2NO4S/c1-4-6-8-15-27(16-9-7-5-2)24(29)19(11-10-12-23(28)31-3)18-32(30)20-13-14-21(25)22(26)17-20/h13-14,17,19H,4-12,15-16,18H2,1-3H3. The minimum atomic E-state index is -1.41. The van der Waals surface area contributed by atoms with Crippen LogP contribution in [-0.4, -0.2) is 46.9 Å². The fourth-order valence-electron chi connectivity index (χ4n) is 3.47. The maximum absolute atomic E-state index is 13.5. The number of carbonyl (C=O) groups excluding carboxylic acids is 2. The van der Waals surface area contributed by atoms with Crippen LogP contribution in [0, 0.1) is 5.92 Å². The van der Waals surface area contributed by atoms with Crippen molar-refractivity contribution in [3.8, 4) is 0 Å². The normalized spacial score (nSPS) is 12.9. The number of benzene rings is 1. The summed E-state index contributed by atoms with van der Waals surface area (Å²) in [5.41, 5.74) is 0. The SMILES string of the molecule is CCCCCN(CCCCC)C(=O)C(CCCC(=O)OC)CS(=O)c1ccc(Cl)c(Cl)c1. The summed E-state index contributed by atoms with van der Waals surface area (Å²) in [6, 6.07) is 4.89. The van der Waals surface area contributed by atoms with E-state index in [4.69, 9.17) is 27.9 Å². The van der Waals surface area contributed by atoms with Crippen LogP contribution in [0.3, 0.4) is 0 Å². The molecule has 0 aliphatic rings. The summed E-state index contributed by atoms with van der Waals surface area (Å²) in [6.07, 6.45) is 7.46. The van der Waals surface area contributed by atoms with E-state index in [-0.39, 0.29) is 24.1 Å². The second-order valence-electron chi connectivity index (χ2n) is 7.99. The number of amides is 1. The lowest BCUT2D eigenvalue weighted by Gasteiger charge is -2.27. The number of nitrogens with zero attached hydrogens (tertiary/aromatic N) is 1. The Morgan fingerprint density at radius 3 is 2.16 bits per heavy atom. The Morgan fingerprint density at radius 2 is 1.62 bits per heavy atom. The first-order chi connectivity index (χ1) is 15.3. The Kier molecular flexibility index (Phi) is 14.9. The third-order valence-corrected chi connectivity index (χ3v) is 7.62. The molecular formula is C24H37Cl2NO4S. The Hall–Kier alpha value is -1.11. The van der Waals surface area contributed by atoms with Crippen molar-refractivity contribution in [2.45, 2.75) is 76.5 Å². The van der Waals surface area contributed by atoms with Crippen molar-refractivity contribution >= 4 is 45.9 Å². The number of hydrogen-bond acceptors (Lipinski definition) is 4. The Morgan fingerprint density at radius 1 is 1.00 bits per heavy atom. The van der Waals surface area contributed by atoms with Crippen molar-refractivity contribution < 1.29 is 18.5 Å². The monoisotopic (exact) mass is 505 g/mol. The number of rotatable bonds is 16. The molecule has 0 fully saturated rings. The van der Waals surface area contributed by atoms with Crippen LogP contribution in [0.2, 0.25) is 10.0 Å². The third kappa shape index (κ3) is 10.7. The van der Waals surface area contributed by atoms with Gasteiger partial charge in [0.1, 0.15) is 0 Å². The molecule has 1 rings (SSSR count). The van der Waals surface area contributed by atoms with Crippen LogP contribution in [0.15, 0.2) is 23.1 Å². The summed E-state index contributed by atoms with van der Waals surface area (Å²) in [7, 11) is -0.0519. The van der Waals surface area contributed by atoms with Gasteiger partial charge in [0.05, 0.1) is 33.9 Å². The molecule has 0 spiro atoms. The maximum Gasteiger partial charge on any atom is 0.305 e. The number of halogens is 2. The van der Waals surface area contributed by atoms with Crippen LogP contribution in [0.4, 0.5) is 0 Å². The number of hydrogen-bond donors (Lipinski definition) is 0. The molecule has 0 saturated carbocycles. The molecule has 1 aromatic carbocycles. The smallest absolute Gasteiger partial charge is 0.305 e. The number of methoxy groups -OCH3 is 1. The fourth-order valence-corrected chi connectivity index (χ4v) is 5.17. The molecule has 182 valence electrons. The van der Waals surface area contributed by atoms with Crippen LogP contribution < -0.4 is 0 Å². The van der Waals surface area contributed by atoms with Gasteiger partial charge >= 0.3 is 5.97 Å². The van der Waals surface area contributed by atoms with Crippen molar-refractivity contribution in [1.29, 1.82) is 0 Å². The molecule has 0 N–H and O–H groups in total. The number of carbonyl (C=O) groups is 2. The van der Waals surface area contributed by atoms with E-state index in [0.717, 1.165) is 38.5 Å². The predicted octanol–water partition coefficient (Wildman–Crippen LogP) is 6.27. The van der Waals surface area contributed by atoms with E-state index in [2.05, 4.69) is 13.8 Å². The molecule has 1 amide bonds. The third-order valence-electron chi connectivity index (χ3n) is 5.39. The zero-order chi connectivity index (χ0) is 23.9. The fraction of sp³-hybridized carbons (Fsp3) is 0.667. The molecule has 2 unspecified atom stereocenters. The Labute approximate surface area is 205 Å². The molecule has 5 nitrogen and oxygen atoms in total. The first-order valence-corrected chi connectivity index (χ1v) is 13.6. The summed E-state index contributed by atoms with van der Waals surface area (Å²) < 4.78 is 17.8. The highest BCUT2D eigenvalue weighted by Gasteiger charge is 2.26. The highest BCUT2D eigenvalue weighted by Crippen LogP contribution is 2.26. The molecule has 1 aromatic rings. The highest BCUT2D eigenvalue weighted by atomic mass is 35.5. The van der Waals surface area contributed by atoms with Crippen molar-refractivity contribution in [2.75, 3.05) is 26.0 Å². The van der Waals surface area contributed by atoms with Gasteiger partial charge in [-0.25, -0.2) is 0 Å². The molecule has 0 aliphatic heterocycles. The molecule has 0 aromatic heterocycles. The van der Waals surface area contributed by atoms with Crippen molar-refractivity contribution in [2.24, 2.45) is 5.92 Å². The van der Waals surface area contributed by atoms with E-state index in [1.807, 2.05) is 4.90 Å². The van der Waals surface area contributed by atoms with Gasteiger partial charge < -0.3 is 9.64 Å². The average molecular weight is 507 g/mol. The van der Waals surface area contributed by atoms with Gasteiger partial charge in [-0.3, -0.25) is 13.8 Å². The molecule has 0 radical (unpaired) electrons. The summed E-state index contributed by atoms with van der Waals surface area (Å²) in [5.74, 6) is -0.519. The molecule has 0 saturated heterocycles. The van der Waals surface area contributed by atoms with E-state index < -0.39 is 16.7 Å². The van der Waals surface area contributed by atoms with E-state index >= 15 is 0 Å². The Bertz CT molecular complexity index is 735. The lowest BCUT2D eigenvalue weighted by molar-refractivity contribution is -0.141. The number of ether oxygens (including phenoxy) is 1. The van der Waals surface area contributed by atoms with Gasteiger partial charge in [0, 0.05) is 30.2 Å². The predicted molar refractivity (Wildman–Crippen MR) is 133 cm³/mol. The molecular weight excluding hydrogens is 469 g/mol. The summed E-state index contributed by atoms with van der Waals surface area (Å²) in [4.78, 5) is 27.5. The topological polar surface area (TPSA) is 63.7 Å². The lowest BCUT2D eigenvalue weighted by Crippen LogP contribution is -2.39. The quantitative estimate of drug-likeness (QED) is 0.196. The first-order valence-electron chi connectivity index (χ1n) is 11.5. The molecule has 32 heavy (non-hydrogen) atoms. The van der Waals surface area contributed by atoms with Gasteiger partial charge in [-0.15, -0.1) is 0 Å². The van der Waals surface area contributed by atoms with Crippen LogP contribution in [0.1, 0.15) is 71.6 Å². The lowest BCUT2D eigenvalue weighted by atomic mass is 10.0. The highest BCUT2D eigenvalue weighted by molar-refractivity contribution is 7.85. The maximum atomic E-state index is 13.5. The minimum Gasteiger partial charge on any atom is -0.469 e. The second-order valence-corrected chi connectivity index (χ2v) is 10.3. The van der Waals surface area contributed by atoms with Crippen molar-refractivity contribution in [3.05, 3.63) is 28.2 Å². The molecule has 0 heterocycles. The van der Waals surface area contributed by atoms with E-state index in [9.17, 15) is 13.8 Å². The van der Waals surface area contributed by atoms with Crippen LogP contribution in [0.25, 0.3) is 0 Å². The van der Waals surface area contributed by atoms with E-state index in [1.54, 1.807) is 18.2 Å². The van der Waals surface area contributed by atoms with Crippen molar-refractivity contribution in [1.82, 2.24) is 4.90 Å². The number of unbranched alkanes of at least 4 members (excludes halogenated alkanes) is 4. The van der Waals surface area contributed by atoms with Crippen LogP contribution >= 0.6 is 23.2 Å². The zero-order valence-electron chi connectivity index (χ0n) is 19.5. The summed E-state index contributed by atoms with van der Waals surface area (Å²) in [6.45, 7) is 5.70. The van der Waals surface area contributed by atoms with Gasteiger partial charge in [-0.05, 0) is 43.9 Å². The van der Waals surface area contributed by atoms with Gasteiger partial charge in [0.15, 0.2) is 0 Å². The number of esters is 1. The first kappa shape index (κ1) is 28.9. The average Bonchev–Trinajstić information content (AvgIpc) is 2.78. The van der Waals surface area contributed by atoms with Crippen LogP contribution in [-0.2, 0) is 25.1 Å². The largest absolute Gasteiger partial charge is 0.469 e. The van der Waals surface area contributed by atoms with E-state index in [1.165, 1.54) is 7.11 Å². The minimum absolute atomic E-state index is 0.0236.